The lowest BCUT2D eigenvalue weighted by Crippen LogP contribution is -2.30. The highest BCUT2D eigenvalue weighted by atomic mass is 79.9. The van der Waals surface area contributed by atoms with Crippen molar-refractivity contribution in [1.29, 1.82) is 0 Å². The summed E-state index contributed by atoms with van der Waals surface area (Å²) in [5, 5.41) is 2.67. The lowest BCUT2D eigenvalue weighted by Gasteiger charge is -2.14. The van der Waals surface area contributed by atoms with Crippen molar-refractivity contribution < 1.29 is 27.5 Å². The average molecular weight is 499 g/mol. The summed E-state index contributed by atoms with van der Waals surface area (Å²) in [4.78, 5) is 24.1. The summed E-state index contributed by atoms with van der Waals surface area (Å²) in [6.07, 6.45) is 0.613. The van der Waals surface area contributed by atoms with Crippen LogP contribution in [0, 0.1) is 0 Å². The molecule has 0 fully saturated rings. The van der Waals surface area contributed by atoms with Crippen LogP contribution in [0.4, 0.5) is 0 Å². The molecule has 8 nitrogen and oxygen atoms in total. The molecule has 0 aliphatic rings. The number of methoxy groups -OCH3 is 1. The summed E-state index contributed by atoms with van der Waals surface area (Å²) in [5.74, 6) is -0.484. The van der Waals surface area contributed by atoms with Crippen LogP contribution in [-0.2, 0) is 26.0 Å². The second-order valence-electron chi connectivity index (χ2n) is 6.46. The first-order valence-corrected chi connectivity index (χ1v) is 11.2. The highest BCUT2D eigenvalue weighted by Crippen LogP contribution is 2.25. The predicted molar refractivity (Wildman–Crippen MR) is 115 cm³/mol. The van der Waals surface area contributed by atoms with Crippen molar-refractivity contribution in [2.45, 2.75) is 11.3 Å². The molecule has 0 aliphatic carbocycles. The summed E-state index contributed by atoms with van der Waals surface area (Å²) in [7, 11) is 0.628. The van der Waals surface area contributed by atoms with Gasteiger partial charge in [0.15, 0.2) is 6.61 Å². The Morgan fingerprint density at radius 2 is 1.77 bits per heavy atom. The van der Waals surface area contributed by atoms with Gasteiger partial charge in [-0.25, -0.2) is 17.5 Å². The highest BCUT2D eigenvalue weighted by molar-refractivity contribution is 9.10. The van der Waals surface area contributed by atoms with E-state index >= 15 is 0 Å². The second-order valence-corrected chi connectivity index (χ2v) is 9.43. The predicted octanol–water partition coefficient (Wildman–Crippen LogP) is 2.22. The highest BCUT2D eigenvalue weighted by Gasteiger charge is 2.22. The number of ether oxygens (including phenoxy) is 2. The van der Waals surface area contributed by atoms with Gasteiger partial charge < -0.3 is 14.8 Å². The van der Waals surface area contributed by atoms with Crippen LogP contribution in [0.25, 0.3) is 0 Å². The minimum Gasteiger partial charge on any atom is -0.497 e. The van der Waals surface area contributed by atoms with Gasteiger partial charge in [0.1, 0.15) is 5.75 Å². The molecule has 0 unspecified atom stereocenters. The number of carbonyl (C=O) groups excluding carboxylic acids is 2. The molecule has 2 rings (SSSR count). The fourth-order valence-electron chi connectivity index (χ4n) is 2.43. The van der Waals surface area contributed by atoms with E-state index in [1.54, 1.807) is 7.11 Å². The molecule has 0 radical (unpaired) electrons. The van der Waals surface area contributed by atoms with Crippen molar-refractivity contribution in [1.82, 2.24) is 9.62 Å². The fourth-order valence-corrected chi connectivity index (χ4v) is 4.27. The van der Waals surface area contributed by atoms with E-state index in [0.29, 0.717) is 17.4 Å². The Morgan fingerprint density at radius 3 is 2.37 bits per heavy atom. The number of sulfonamides is 1. The van der Waals surface area contributed by atoms with E-state index in [4.69, 9.17) is 9.47 Å². The van der Waals surface area contributed by atoms with Gasteiger partial charge in [-0.15, -0.1) is 0 Å². The Bertz CT molecular complexity index is 1010. The molecule has 0 heterocycles. The summed E-state index contributed by atoms with van der Waals surface area (Å²) in [6, 6.07) is 11.5. The number of nitrogens with one attached hydrogen (secondary N) is 1. The van der Waals surface area contributed by atoms with E-state index in [9.17, 15) is 18.0 Å². The van der Waals surface area contributed by atoms with Crippen molar-refractivity contribution in [2.75, 3.05) is 34.4 Å². The van der Waals surface area contributed by atoms with Crippen LogP contribution in [0.5, 0.6) is 5.75 Å². The molecule has 10 heteroatoms. The summed E-state index contributed by atoms with van der Waals surface area (Å²) in [5.41, 5.74) is 1.06. The van der Waals surface area contributed by atoms with Crippen molar-refractivity contribution in [3.63, 3.8) is 0 Å². The number of esters is 1. The third-order valence-electron chi connectivity index (χ3n) is 4.15. The third-order valence-corrected chi connectivity index (χ3v) is 6.96. The Balaban J connectivity index is 1.88. The zero-order chi connectivity index (χ0) is 22.3. The summed E-state index contributed by atoms with van der Waals surface area (Å²) in [6.45, 7) is -0.0838. The summed E-state index contributed by atoms with van der Waals surface area (Å²) < 4.78 is 36.1. The van der Waals surface area contributed by atoms with Gasteiger partial charge in [0.05, 0.1) is 17.6 Å². The smallest absolute Gasteiger partial charge is 0.338 e. The number of benzene rings is 2. The first kappa shape index (κ1) is 23.8. The molecular formula is C20H23BrN2O6S. The Hall–Kier alpha value is -2.43. The fraction of sp³-hybridized carbons (Fsp3) is 0.300. The summed E-state index contributed by atoms with van der Waals surface area (Å²) >= 11 is 3.17. The van der Waals surface area contributed by atoms with E-state index in [1.165, 1.54) is 32.3 Å². The van der Waals surface area contributed by atoms with Crippen LogP contribution in [0.1, 0.15) is 15.9 Å². The number of hydrogen-bond donors (Lipinski definition) is 1. The van der Waals surface area contributed by atoms with Crippen molar-refractivity contribution >= 4 is 37.8 Å². The maximum atomic E-state index is 12.3. The molecule has 0 saturated heterocycles. The largest absolute Gasteiger partial charge is 0.497 e. The molecule has 162 valence electrons. The Morgan fingerprint density at radius 1 is 1.10 bits per heavy atom. The first-order chi connectivity index (χ1) is 14.1. The van der Waals surface area contributed by atoms with Gasteiger partial charge in [0, 0.05) is 25.1 Å². The molecular weight excluding hydrogens is 476 g/mol. The van der Waals surface area contributed by atoms with Gasteiger partial charge >= 0.3 is 5.97 Å². The molecule has 0 saturated carbocycles. The minimum atomic E-state index is -3.75. The molecule has 0 spiro atoms. The van der Waals surface area contributed by atoms with Gasteiger partial charge in [0.2, 0.25) is 10.0 Å². The van der Waals surface area contributed by atoms with Gasteiger partial charge in [-0.05, 0) is 58.2 Å². The van der Waals surface area contributed by atoms with Crippen LogP contribution >= 0.6 is 15.9 Å². The van der Waals surface area contributed by atoms with Crippen LogP contribution in [0.3, 0.4) is 0 Å². The van der Waals surface area contributed by atoms with E-state index < -0.39 is 28.5 Å². The van der Waals surface area contributed by atoms with Gasteiger partial charge in [0.25, 0.3) is 5.91 Å². The van der Waals surface area contributed by atoms with E-state index in [0.717, 1.165) is 15.6 Å². The third kappa shape index (κ3) is 6.28. The molecule has 2 aromatic carbocycles. The minimum absolute atomic E-state index is 0.0321. The monoisotopic (exact) mass is 498 g/mol. The number of halogens is 1. The lowest BCUT2D eigenvalue weighted by molar-refractivity contribution is -0.124. The van der Waals surface area contributed by atoms with Gasteiger partial charge in [-0.2, -0.15) is 0 Å². The van der Waals surface area contributed by atoms with Crippen molar-refractivity contribution in [3.05, 3.63) is 58.1 Å². The maximum absolute atomic E-state index is 12.3. The van der Waals surface area contributed by atoms with E-state index in [2.05, 4.69) is 21.2 Å². The lowest BCUT2D eigenvalue weighted by atomic mass is 10.1. The Labute approximate surface area is 184 Å². The molecule has 2 aromatic rings. The number of amides is 1. The zero-order valence-electron chi connectivity index (χ0n) is 16.8. The number of rotatable bonds is 9. The van der Waals surface area contributed by atoms with Crippen molar-refractivity contribution in [2.24, 2.45) is 0 Å². The van der Waals surface area contributed by atoms with E-state index in [-0.39, 0.29) is 10.5 Å². The van der Waals surface area contributed by atoms with Crippen molar-refractivity contribution in [3.8, 4) is 5.75 Å². The maximum Gasteiger partial charge on any atom is 0.338 e. The molecule has 1 N–H and O–H groups in total. The topological polar surface area (TPSA) is 102 Å². The molecule has 0 aliphatic heterocycles. The normalized spacial score (nSPS) is 11.2. The SMILES string of the molecule is COc1ccc(CCNC(=O)COC(=O)c2ccc(Br)c(S(=O)(=O)N(C)C)c2)cc1. The zero-order valence-corrected chi connectivity index (χ0v) is 19.2. The molecule has 0 bridgehead atoms. The van der Waals surface area contributed by atoms with Crippen LogP contribution < -0.4 is 10.1 Å². The van der Waals surface area contributed by atoms with Gasteiger partial charge in [-0.3, -0.25) is 4.79 Å². The molecule has 1 amide bonds. The number of nitrogens with zero attached hydrogens (tertiary/aromatic N) is 1. The van der Waals surface area contributed by atoms with Crippen LogP contribution in [0.2, 0.25) is 0 Å². The first-order valence-electron chi connectivity index (χ1n) is 8.94. The standard InChI is InChI=1S/C20H23BrN2O6S/c1-23(2)30(26,27)18-12-15(6-9-17(18)21)20(25)29-13-19(24)22-11-10-14-4-7-16(28-3)8-5-14/h4-9,12H,10-11,13H2,1-3H3,(H,22,24). The molecule has 30 heavy (non-hydrogen) atoms. The Kier molecular flexibility index (Phi) is 8.39. The number of hydrogen-bond acceptors (Lipinski definition) is 6. The molecule has 0 atom stereocenters. The quantitative estimate of drug-likeness (QED) is 0.531. The van der Waals surface area contributed by atoms with Crippen LogP contribution in [-0.4, -0.2) is 59.0 Å². The average Bonchev–Trinajstić information content (AvgIpc) is 2.72. The number of carbonyl (C=O) groups is 2. The van der Waals surface area contributed by atoms with Crippen LogP contribution in [0.15, 0.2) is 51.8 Å². The molecule has 0 aromatic heterocycles. The van der Waals surface area contributed by atoms with Gasteiger partial charge in [-0.1, -0.05) is 12.1 Å². The second kappa shape index (κ2) is 10.6. The van der Waals surface area contributed by atoms with E-state index in [1.807, 2.05) is 24.3 Å².